The second-order valence-corrected chi connectivity index (χ2v) is 7.63. The summed E-state index contributed by atoms with van der Waals surface area (Å²) in [5.74, 6) is 2.18. The normalized spacial score (nSPS) is 14.9. The van der Waals surface area contributed by atoms with E-state index in [2.05, 4.69) is 82.8 Å². The molecule has 28 heavy (non-hydrogen) atoms. The Bertz CT molecular complexity index is 917. The third-order valence-electron chi connectivity index (χ3n) is 5.68. The molecule has 3 aromatic rings. The van der Waals surface area contributed by atoms with Gasteiger partial charge in [-0.05, 0) is 61.8 Å². The Kier molecular flexibility index (Phi) is 5.51. The highest BCUT2D eigenvalue weighted by atomic mass is 15.3. The van der Waals surface area contributed by atoms with Crippen molar-refractivity contribution < 1.29 is 0 Å². The van der Waals surface area contributed by atoms with Gasteiger partial charge in [-0.1, -0.05) is 42.5 Å². The first-order chi connectivity index (χ1) is 13.7. The molecule has 0 spiro atoms. The van der Waals surface area contributed by atoms with Gasteiger partial charge in [0.2, 0.25) is 5.95 Å². The molecule has 0 atom stereocenters. The molecule has 1 saturated heterocycles. The van der Waals surface area contributed by atoms with Gasteiger partial charge >= 0.3 is 0 Å². The predicted octanol–water partition coefficient (Wildman–Crippen LogP) is 4.69. The van der Waals surface area contributed by atoms with Crippen LogP contribution in [0.1, 0.15) is 29.5 Å². The van der Waals surface area contributed by atoms with Crippen molar-refractivity contribution in [2.75, 3.05) is 23.3 Å². The summed E-state index contributed by atoms with van der Waals surface area (Å²) in [5, 5.41) is 11.9. The molecule has 0 bridgehead atoms. The highest BCUT2D eigenvalue weighted by Crippen LogP contribution is 2.25. The smallest absolute Gasteiger partial charge is 0.247 e. The first-order valence-corrected chi connectivity index (χ1v) is 10.0. The molecule has 1 aliphatic heterocycles. The Hall–Kier alpha value is -2.95. The van der Waals surface area contributed by atoms with Crippen LogP contribution >= 0.6 is 0 Å². The van der Waals surface area contributed by atoms with E-state index in [1.807, 2.05) is 0 Å². The standard InChI is InChI=1S/C23H27N5/c1-17-7-6-10-21(18(17)2)25-22-16-24-27-23(26-22)28-13-11-20(12-14-28)15-19-8-4-3-5-9-19/h3-10,16,20H,11-15H2,1-2H3,(H,25,26,27). The summed E-state index contributed by atoms with van der Waals surface area (Å²) in [6, 6.07) is 17.0. The van der Waals surface area contributed by atoms with Crippen LogP contribution in [0.25, 0.3) is 0 Å². The molecular weight excluding hydrogens is 346 g/mol. The fourth-order valence-electron chi connectivity index (χ4n) is 3.80. The van der Waals surface area contributed by atoms with E-state index in [9.17, 15) is 0 Å². The van der Waals surface area contributed by atoms with E-state index in [4.69, 9.17) is 4.98 Å². The number of nitrogens with zero attached hydrogens (tertiary/aromatic N) is 4. The molecule has 1 aromatic heterocycles. The molecule has 5 heteroatoms. The molecule has 2 heterocycles. The van der Waals surface area contributed by atoms with Crippen LogP contribution in [-0.4, -0.2) is 28.3 Å². The lowest BCUT2D eigenvalue weighted by molar-refractivity contribution is 0.400. The van der Waals surface area contributed by atoms with Crippen LogP contribution in [0, 0.1) is 19.8 Å². The monoisotopic (exact) mass is 373 g/mol. The van der Waals surface area contributed by atoms with Gasteiger partial charge in [0.25, 0.3) is 0 Å². The molecule has 1 aliphatic rings. The first-order valence-electron chi connectivity index (χ1n) is 10.0. The molecular formula is C23H27N5. The minimum Gasteiger partial charge on any atom is -0.339 e. The van der Waals surface area contributed by atoms with Crippen LogP contribution < -0.4 is 10.2 Å². The van der Waals surface area contributed by atoms with Gasteiger partial charge < -0.3 is 10.2 Å². The van der Waals surface area contributed by atoms with E-state index in [0.717, 1.165) is 49.8 Å². The molecule has 0 amide bonds. The molecule has 1 N–H and O–H groups in total. The maximum Gasteiger partial charge on any atom is 0.247 e. The quantitative estimate of drug-likeness (QED) is 0.703. The van der Waals surface area contributed by atoms with Crippen molar-refractivity contribution in [1.29, 1.82) is 0 Å². The fraction of sp³-hybridized carbons (Fsp3) is 0.348. The maximum atomic E-state index is 4.71. The predicted molar refractivity (Wildman–Crippen MR) is 114 cm³/mol. The highest BCUT2D eigenvalue weighted by molar-refractivity contribution is 5.62. The largest absolute Gasteiger partial charge is 0.339 e. The molecule has 0 saturated carbocycles. The minimum atomic E-state index is 0.716. The third kappa shape index (κ3) is 4.30. The summed E-state index contributed by atoms with van der Waals surface area (Å²) in [4.78, 5) is 6.97. The number of hydrogen-bond acceptors (Lipinski definition) is 5. The van der Waals surface area contributed by atoms with Crippen molar-refractivity contribution >= 4 is 17.5 Å². The second kappa shape index (κ2) is 8.38. The Morgan fingerprint density at radius 1 is 1.00 bits per heavy atom. The zero-order chi connectivity index (χ0) is 19.3. The summed E-state index contributed by atoms with van der Waals surface area (Å²) < 4.78 is 0. The van der Waals surface area contributed by atoms with Gasteiger partial charge in [-0.25, -0.2) is 0 Å². The number of anilines is 3. The van der Waals surface area contributed by atoms with E-state index < -0.39 is 0 Å². The minimum absolute atomic E-state index is 0.716. The van der Waals surface area contributed by atoms with Crippen molar-refractivity contribution in [3.8, 4) is 0 Å². The molecule has 1 fully saturated rings. The topological polar surface area (TPSA) is 53.9 Å². The van der Waals surface area contributed by atoms with Gasteiger partial charge in [0, 0.05) is 18.8 Å². The number of hydrogen-bond donors (Lipinski definition) is 1. The van der Waals surface area contributed by atoms with Crippen molar-refractivity contribution in [2.45, 2.75) is 33.1 Å². The van der Waals surface area contributed by atoms with Gasteiger partial charge in [-0.2, -0.15) is 10.1 Å². The molecule has 0 unspecified atom stereocenters. The Morgan fingerprint density at radius 2 is 1.79 bits per heavy atom. The van der Waals surface area contributed by atoms with E-state index >= 15 is 0 Å². The molecule has 5 nitrogen and oxygen atoms in total. The number of benzene rings is 2. The lowest BCUT2D eigenvalue weighted by atomic mass is 9.90. The van der Waals surface area contributed by atoms with Crippen LogP contribution in [0.2, 0.25) is 0 Å². The lowest BCUT2D eigenvalue weighted by Gasteiger charge is -2.31. The van der Waals surface area contributed by atoms with Crippen molar-refractivity contribution in [2.24, 2.45) is 5.92 Å². The highest BCUT2D eigenvalue weighted by Gasteiger charge is 2.21. The average molecular weight is 374 g/mol. The summed E-state index contributed by atoms with van der Waals surface area (Å²) in [7, 11) is 0. The van der Waals surface area contributed by atoms with Gasteiger partial charge in [0.1, 0.15) is 0 Å². The summed E-state index contributed by atoms with van der Waals surface area (Å²) in [6.07, 6.45) is 5.16. The Morgan fingerprint density at radius 3 is 2.57 bits per heavy atom. The number of nitrogens with one attached hydrogen (secondary N) is 1. The zero-order valence-corrected chi connectivity index (χ0v) is 16.6. The van der Waals surface area contributed by atoms with E-state index in [-0.39, 0.29) is 0 Å². The van der Waals surface area contributed by atoms with Crippen LogP contribution in [0.15, 0.2) is 54.7 Å². The third-order valence-corrected chi connectivity index (χ3v) is 5.68. The van der Waals surface area contributed by atoms with E-state index in [0.29, 0.717) is 5.95 Å². The zero-order valence-electron chi connectivity index (χ0n) is 16.6. The first kappa shape index (κ1) is 18.4. The number of piperidine rings is 1. The molecule has 144 valence electrons. The SMILES string of the molecule is Cc1cccc(Nc2cnnc(N3CCC(Cc4ccccc4)CC3)n2)c1C. The summed E-state index contributed by atoms with van der Waals surface area (Å²) >= 11 is 0. The van der Waals surface area contributed by atoms with Crippen molar-refractivity contribution in [3.63, 3.8) is 0 Å². The molecule has 0 radical (unpaired) electrons. The second-order valence-electron chi connectivity index (χ2n) is 7.63. The number of rotatable bonds is 5. The van der Waals surface area contributed by atoms with Gasteiger partial charge in [-0.3, -0.25) is 0 Å². The summed E-state index contributed by atoms with van der Waals surface area (Å²) in [6.45, 7) is 6.19. The van der Waals surface area contributed by atoms with Crippen molar-refractivity contribution in [3.05, 3.63) is 71.4 Å². The van der Waals surface area contributed by atoms with Gasteiger partial charge in [0.05, 0.1) is 6.20 Å². The van der Waals surface area contributed by atoms with Crippen LogP contribution in [0.4, 0.5) is 17.5 Å². The average Bonchev–Trinajstić information content (AvgIpc) is 2.73. The van der Waals surface area contributed by atoms with Crippen LogP contribution in [0.5, 0.6) is 0 Å². The number of aryl methyl sites for hydroxylation is 1. The maximum absolute atomic E-state index is 4.71. The number of aromatic nitrogens is 3. The summed E-state index contributed by atoms with van der Waals surface area (Å²) in [5.41, 5.74) is 4.98. The van der Waals surface area contributed by atoms with Crippen LogP contribution in [0.3, 0.4) is 0 Å². The fourth-order valence-corrected chi connectivity index (χ4v) is 3.80. The van der Waals surface area contributed by atoms with Crippen molar-refractivity contribution in [1.82, 2.24) is 15.2 Å². The van der Waals surface area contributed by atoms with Crippen LogP contribution in [-0.2, 0) is 6.42 Å². The molecule has 0 aliphatic carbocycles. The van der Waals surface area contributed by atoms with Gasteiger partial charge in [0.15, 0.2) is 5.82 Å². The van der Waals surface area contributed by atoms with Gasteiger partial charge in [-0.15, -0.1) is 5.10 Å². The Labute approximate surface area is 166 Å². The Balaban J connectivity index is 1.39. The molecule has 2 aromatic carbocycles. The van der Waals surface area contributed by atoms with E-state index in [1.165, 1.54) is 16.7 Å². The lowest BCUT2D eigenvalue weighted by Crippen LogP contribution is -2.35. The van der Waals surface area contributed by atoms with E-state index in [1.54, 1.807) is 6.20 Å². The molecule has 4 rings (SSSR count).